The lowest BCUT2D eigenvalue weighted by atomic mass is 10.1. The van der Waals surface area contributed by atoms with Crippen LogP contribution in [0.1, 0.15) is 26.3 Å². The van der Waals surface area contributed by atoms with Gasteiger partial charge in [0, 0.05) is 25.2 Å². The zero-order valence-corrected chi connectivity index (χ0v) is 23.0. The highest BCUT2D eigenvalue weighted by molar-refractivity contribution is 7.92. The van der Waals surface area contributed by atoms with Crippen molar-refractivity contribution in [3.63, 3.8) is 0 Å². The molecule has 3 aromatic rings. The lowest BCUT2D eigenvalue weighted by Gasteiger charge is -2.27. The summed E-state index contributed by atoms with van der Waals surface area (Å²) in [6.45, 7) is 1.82. The van der Waals surface area contributed by atoms with Gasteiger partial charge in [0.05, 0.1) is 36.4 Å². The largest absolute Gasteiger partial charge is 0.378 e. The molecule has 1 heterocycles. The van der Waals surface area contributed by atoms with E-state index in [1.165, 1.54) is 24.3 Å². The first-order valence-corrected chi connectivity index (χ1v) is 14.7. The lowest BCUT2D eigenvalue weighted by molar-refractivity contribution is -0.114. The van der Waals surface area contributed by atoms with Gasteiger partial charge in [0.2, 0.25) is 15.9 Å². The number of rotatable bonds is 10. The van der Waals surface area contributed by atoms with Crippen molar-refractivity contribution in [3.8, 4) is 0 Å². The number of para-hydroxylation sites is 1. The van der Waals surface area contributed by atoms with Crippen LogP contribution in [0.5, 0.6) is 0 Å². The van der Waals surface area contributed by atoms with Crippen molar-refractivity contribution < 1.29 is 27.5 Å². The topological polar surface area (TPSA) is 125 Å². The molecule has 0 radical (unpaired) electrons. The molecule has 0 unspecified atom stereocenters. The van der Waals surface area contributed by atoms with Gasteiger partial charge in [0.15, 0.2) is 0 Å². The number of nitrogens with zero attached hydrogens (tertiary/aromatic N) is 2. The number of carbonyl (C=O) groups excluding carboxylic acids is 3. The molecule has 0 bridgehead atoms. The number of benzene rings is 3. The molecular formula is C29H32N4O6S. The number of nitrogens with one attached hydrogen (secondary N) is 2. The van der Waals surface area contributed by atoms with Gasteiger partial charge in [-0.2, -0.15) is 0 Å². The Balaban J connectivity index is 1.41. The first-order chi connectivity index (χ1) is 19.2. The second-order valence-electron chi connectivity index (χ2n) is 9.31. The monoisotopic (exact) mass is 564 g/mol. The fourth-order valence-electron chi connectivity index (χ4n) is 4.29. The van der Waals surface area contributed by atoms with E-state index in [2.05, 4.69) is 10.6 Å². The average molecular weight is 565 g/mol. The Labute approximate surface area is 234 Å². The predicted molar refractivity (Wildman–Crippen MR) is 153 cm³/mol. The van der Waals surface area contributed by atoms with Gasteiger partial charge in [-0.05, 0) is 48.4 Å². The molecule has 3 amide bonds. The van der Waals surface area contributed by atoms with Crippen LogP contribution in [0.25, 0.3) is 0 Å². The zero-order valence-electron chi connectivity index (χ0n) is 22.2. The van der Waals surface area contributed by atoms with Crippen molar-refractivity contribution in [2.24, 2.45) is 0 Å². The minimum Gasteiger partial charge on any atom is -0.378 e. The maximum absolute atomic E-state index is 13.0. The van der Waals surface area contributed by atoms with Gasteiger partial charge in [0.1, 0.15) is 6.54 Å². The zero-order chi connectivity index (χ0) is 28.5. The summed E-state index contributed by atoms with van der Waals surface area (Å²) in [5.41, 5.74) is 2.27. The summed E-state index contributed by atoms with van der Waals surface area (Å²) in [5.74, 6) is -1.15. The van der Waals surface area contributed by atoms with Gasteiger partial charge >= 0.3 is 0 Å². The van der Waals surface area contributed by atoms with Crippen molar-refractivity contribution in [3.05, 3.63) is 95.6 Å². The molecule has 0 aromatic heterocycles. The molecule has 0 saturated carbocycles. The van der Waals surface area contributed by atoms with Crippen LogP contribution >= 0.6 is 0 Å². The number of anilines is 2. The van der Waals surface area contributed by atoms with Crippen molar-refractivity contribution in [2.75, 3.05) is 55.3 Å². The summed E-state index contributed by atoms with van der Waals surface area (Å²) < 4.78 is 31.4. The Hall–Kier alpha value is -4.22. The van der Waals surface area contributed by atoms with E-state index in [1.807, 2.05) is 30.3 Å². The molecule has 1 aliphatic rings. The van der Waals surface area contributed by atoms with Crippen LogP contribution in [0.15, 0.2) is 78.9 Å². The van der Waals surface area contributed by atoms with E-state index in [-0.39, 0.29) is 28.8 Å². The number of amides is 3. The van der Waals surface area contributed by atoms with E-state index >= 15 is 0 Å². The average Bonchev–Trinajstić information content (AvgIpc) is 2.96. The number of hydrogen-bond donors (Lipinski definition) is 2. The number of ether oxygens (including phenoxy) is 1. The molecule has 4 rings (SSSR count). The molecule has 40 heavy (non-hydrogen) atoms. The van der Waals surface area contributed by atoms with Gasteiger partial charge in [-0.15, -0.1) is 0 Å². The highest BCUT2D eigenvalue weighted by atomic mass is 32.2. The Morgan fingerprint density at radius 3 is 2.23 bits per heavy atom. The summed E-state index contributed by atoms with van der Waals surface area (Å²) in [7, 11) is -3.84. The fraction of sp³-hybridized carbons (Fsp3) is 0.276. The molecule has 3 aromatic carbocycles. The third-order valence-corrected chi connectivity index (χ3v) is 7.52. The maximum Gasteiger partial charge on any atom is 0.254 e. The summed E-state index contributed by atoms with van der Waals surface area (Å²) in [4.78, 5) is 40.2. The van der Waals surface area contributed by atoms with E-state index in [4.69, 9.17) is 4.74 Å². The van der Waals surface area contributed by atoms with Crippen LogP contribution in [0.2, 0.25) is 0 Å². The van der Waals surface area contributed by atoms with Gasteiger partial charge in [0.25, 0.3) is 11.8 Å². The van der Waals surface area contributed by atoms with E-state index in [9.17, 15) is 22.8 Å². The summed E-state index contributed by atoms with van der Waals surface area (Å²) in [6, 6.07) is 22.3. The third-order valence-electron chi connectivity index (χ3n) is 6.38. The number of hydrogen-bond acceptors (Lipinski definition) is 6. The minimum atomic E-state index is -3.84. The van der Waals surface area contributed by atoms with Crippen molar-refractivity contribution in [2.45, 2.75) is 6.42 Å². The molecule has 0 atom stereocenters. The summed E-state index contributed by atoms with van der Waals surface area (Å²) >= 11 is 0. The Kier molecular flexibility index (Phi) is 9.52. The fourth-order valence-corrected chi connectivity index (χ4v) is 5.15. The Bertz CT molecular complexity index is 1440. The Morgan fingerprint density at radius 1 is 0.900 bits per heavy atom. The molecular weight excluding hydrogens is 532 g/mol. The third kappa shape index (κ3) is 7.67. The van der Waals surface area contributed by atoms with Crippen LogP contribution in [-0.4, -0.2) is 76.7 Å². The number of morpholine rings is 1. The molecule has 210 valence electrons. The number of sulfonamides is 1. The molecule has 0 spiro atoms. The van der Waals surface area contributed by atoms with Crippen molar-refractivity contribution in [1.82, 2.24) is 10.2 Å². The first kappa shape index (κ1) is 28.8. The second-order valence-corrected chi connectivity index (χ2v) is 11.2. The van der Waals surface area contributed by atoms with Gasteiger partial charge < -0.3 is 20.3 Å². The van der Waals surface area contributed by atoms with Crippen LogP contribution in [-0.2, 0) is 26.0 Å². The first-order valence-electron chi connectivity index (χ1n) is 12.9. The van der Waals surface area contributed by atoms with Crippen LogP contribution in [0.4, 0.5) is 11.4 Å². The van der Waals surface area contributed by atoms with Gasteiger partial charge in [-0.25, -0.2) is 8.42 Å². The summed E-state index contributed by atoms with van der Waals surface area (Å²) in [5, 5.41) is 5.52. The highest BCUT2D eigenvalue weighted by Crippen LogP contribution is 2.21. The smallest absolute Gasteiger partial charge is 0.254 e. The maximum atomic E-state index is 13.0. The van der Waals surface area contributed by atoms with E-state index in [1.54, 1.807) is 29.2 Å². The van der Waals surface area contributed by atoms with Gasteiger partial charge in [-0.3, -0.25) is 18.7 Å². The normalized spacial score (nSPS) is 13.4. The molecule has 11 heteroatoms. The van der Waals surface area contributed by atoms with Crippen molar-refractivity contribution in [1.29, 1.82) is 0 Å². The SMILES string of the molecule is CS(=O)(=O)N(CC(=O)Nc1ccccc1C(=O)NCCc1ccccc1)c1ccc(C(=O)N2CCOCC2)cc1. The lowest BCUT2D eigenvalue weighted by Crippen LogP contribution is -2.40. The molecule has 1 saturated heterocycles. The summed E-state index contributed by atoms with van der Waals surface area (Å²) in [6.07, 6.45) is 1.66. The molecule has 1 aliphatic heterocycles. The van der Waals surface area contributed by atoms with E-state index < -0.39 is 22.5 Å². The standard InChI is InChI=1S/C29H32N4O6S/c1-40(37,38)33(24-13-11-23(12-14-24)29(36)32-17-19-39-20-18-32)21-27(34)31-26-10-6-5-9-25(26)28(35)30-16-15-22-7-3-2-4-8-22/h2-14H,15-21H2,1H3,(H,30,35)(H,31,34). The molecule has 2 N–H and O–H groups in total. The Morgan fingerprint density at radius 2 is 1.55 bits per heavy atom. The number of carbonyl (C=O) groups is 3. The molecule has 1 fully saturated rings. The van der Waals surface area contributed by atoms with Crippen molar-refractivity contribution >= 4 is 39.1 Å². The molecule has 0 aliphatic carbocycles. The van der Waals surface area contributed by atoms with E-state index in [0.717, 1.165) is 16.1 Å². The molecule has 10 nitrogen and oxygen atoms in total. The highest BCUT2D eigenvalue weighted by Gasteiger charge is 2.23. The van der Waals surface area contributed by atoms with E-state index in [0.29, 0.717) is 44.8 Å². The van der Waals surface area contributed by atoms with Crippen LogP contribution in [0.3, 0.4) is 0 Å². The quantitative estimate of drug-likeness (QED) is 0.390. The predicted octanol–water partition coefficient (Wildman–Crippen LogP) is 2.54. The van der Waals surface area contributed by atoms with Crippen LogP contribution < -0.4 is 14.9 Å². The van der Waals surface area contributed by atoms with Crippen LogP contribution in [0, 0.1) is 0 Å². The minimum absolute atomic E-state index is 0.169. The second kappa shape index (κ2) is 13.2. The van der Waals surface area contributed by atoms with Gasteiger partial charge in [-0.1, -0.05) is 42.5 Å².